The van der Waals surface area contributed by atoms with Gasteiger partial charge in [0, 0.05) is 0 Å². The van der Waals surface area contributed by atoms with Crippen LogP contribution < -0.4 is 0 Å². The van der Waals surface area contributed by atoms with E-state index in [0.29, 0.717) is 0 Å². The summed E-state index contributed by atoms with van der Waals surface area (Å²) in [6.07, 6.45) is 12.5. The molecule has 0 aromatic carbocycles. The maximum atomic E-state index is 2.70. The molecule has 2 aliphatic carbocycles. The van der Waals surface area contributed by atoms with Gasteiger partial charge in [0.25, 0.3) is 0 Å². The molecule has 21 heavy (non-hydrogen) atoms. The van der Waals surface area contributed by atoms with E-state index < -0.39 is 57.0 Å². The number of hydrogen-bond donors (Lipinski definition) is 0. The molecule has 0 atom stereocenters. The monoisotopic (exact) mass is 578 g/mol. The third kappa shape index (κ3) is 3.92. The Labute approximate surface area is 145 Å². The molecule has 116 valence electrons. The fourth-order valence-electron chi connectivity index (χ4n) is 3.78. The second kappa shape index (κ2) is 6.39. The first-order valence-electron chi connectivity index (χ1n) is 8.27. The van der Waals surface area contributed by atoms with Gasteiger partial charge in [0.1, 0.15) is 0 Å². The number of hydrogen-bond acceptors (Lipinski definition) is 0. The summed E-state index contributed by atoms with van der Waals surface area (Å²) in [5.74, 6) is 0. The van der Waals surface area contributed by atoms with Crippen molar-refractivity contribution in [3.8, 4) is 0 Å². The average molecular weight is 577 g/mol. The summed E-state index contributed by atoms with van der Waals surface area (Å²) in [4.78, 5) is 15.5. The molecular weight excluding hydrogens is 545 g/mol. The molecule has 0 aromatic rings. The minimum atomic E-state index is -2.31. The minimum absolute atomic E-state index is 1.28. The van der Waals surface area contributed by atoms with E-state index in [2.05, 4.69) is 63.2 Å². The van der Waals surface area contributed by atoms with Crippen molar-refractivity contribution >= 4 is 36.8 Å². The molecule has 0 N–H and O–H groups in total. The van der Waals surface area contributed by atoms with Crippen LogP contribution in [0.3, 0.4) is 0 Å². The number of allylic oxidation sites excluding steroid dienone is 8. The molecule has 0 amide bonds. The second-order valence-corrected chi connectivity index (χ2v) is 48.8. The van der Waals surface area contributed by atoms with E-state index in [-0.39, 0.29) is 0 Å². The molecule has 2 rings (SSSR count). The van der Waals surface area contributed by atoms with Crippen molar-refractivity contribution in [2.45, 2.75) is 51.7 Å². The molecule has 0 aromatic heterocycles. The third-order valence-electron chi connectivity index (χ3n) is 4.99. The van der Waals surface area contributed by atoms with Gasteiger partial charge in [-0.2, -0.15) is 0 Å². The Kier molecular flexibility index (Phi) is 5.71. The molecule has 0 bridgehead atoms. The molecule has 2 aliphatic rings. The van der Waals surface area contributed by atoms with Crippen LogP contribution in [0.4, 0.5) is 0 Å². The van der Waals surface area contributed by atoms with Crippen LogP contribution in [0.15, 0.2) is 38.0 Å². The SMILES string of the molecule is [CH3][Zr]([CH3])([C]1=[C]([Sn]([CH3])([CH3])[CH3])C=CC1)[C]1=[C]([Sn]([CH3])([CH3])[CH3])C=CC1. The van der Waals surface area contributed by atoms with Gasteiger partial charge in [-0.25, -0.2) is 0 Å². The molecule has 0 fully saturated rings. The van der Waals surface area contributed by atoms with Gasteiger partial charge in [0.15, 0.2) is 0 Å². The Morgan fingerprint density at radius 3 is 1.33 bits per heavy atom. The molecule has 0 radical (unpaired) electrons. The Hall–Kier alpha value is 1.44. The molecule has 0 nitrogen and oxygen atoms in total. The zero-order valence-corrected chi connectivity index (χ0v) is 23.4. The van der Waals surface area contributed by atoms with Crippen LogP contribution in [0.25, 0.3) is 0 Å². The van der Waals surface area contributed by atoms with E-state index in [9.17, 15) is 0 Å². The molecule has 0 heterocycles. The van der Waals surface area contributed by atoms with Crippen LogP contribution in [-0.4, -0.2) is 36.8 Å². The Bertz CT molecular complexity index is 511. The van der Waals surface area contributed by atoms with Crippen molar-refractivity contribution in [2.24, 2.45) is 0 Å². The topological polar surface area (TPSA) is 0 Å². The molecule has 0 spiro atoms. The summed E-state index contributed by atoms with van der Waals surface area (Å²) in [6, 6.07) is 0. The van der Waals surface area contributed by atoms with Crippen LogP contribution in [0.5, 0.6) is 0 Å². The Morgan fingerprint density at radius 1 is 0.714 bits per heavy atom. The summed E-state index contributed by atoms with van der Waals surface area (Å²) >= 11 is -6.24. The molecular formula is C18H32Sn2Zr. The summed E-state index contributed by atoms with van der Waals surface area (Å²) in [5, 5.41) is 0. The van der Waals surface area contributed by atoms with E-state index in [1.165, 1.54) is 12.8 Å². The van der Waals surface area contributed by atoms with Crippen LogP contribution in [-0.2, 0) is 20.3 Å². The van der Waals surface area contributed by atoms with Gasteiger partial charge in [-0.3, -0.25) is 0 Å². The quantitative estimate of drug-likeness (QED) is 0.339. The second-order valence-electron chi connectivity index (χ2n) is 9.12. The van der Waals surface area contributed by atoms with Crippen LogP contribution in [0.1, 0.15) is 12.8 Å². The first-order valence-corrected chi connectivity index (χ1v) is 35.6. The van der Waals surface area contributed by atoms with Crippen LogP contribution >= 0.6 is 0 Å². The predicted octanol–water partition coefficient (Wildman–Crippen LogP) is 6.42. The Morgan fingerprint density at radius 2 is 1.05 bits per heavy atom. The van der Waals surface area contributed by atoms with E-state index >= 15 is 0 Å². The summed E-state index contributed by atoms with van der Waals surface area (Å²) in [5.41, 5.74) is 0. The predicted molar refractivity (Wildman–Crippen MR) is 100.0 cm³/mol. The van der Waals surface area contributed by atoms with Crippen LogP contribution in [0.2, 0.25) is 38.9 Å². The fourth-order valence-corrected chi connectivity index (χ4v) is 43.7. The first-order chi connectivity index (χ1) is 9.45. The van der Waals surface area contributed by atoms with Crippen molar-refractivity contribution < 1.29 is 20.3 Å². The van der Waals surface area contributed by atoms with E-state index in [1.807, 2.05) is 13.7 Å². The molecule has 0 aliphatic heterocycles. The zero-order chi connectivity index (χ0) is 16.1. The number of rotatable bonds is 4. The van der Waals surface area contributed by atoms with Crippen molar-refractivity contribution in [3.63, 3.8) is 0 Å². The van der Waals surface area contributed by atoms with Gasteiger partial charge in [-0.05, 0) is 0 Å². The standard InChI is InChI=1S/2C5H4.8CH3.2Sn.Zr/c2*1-2-4-5-3-1;;;;;;;;;;;/h2*1-2H,3H2;8*1H3;;;. The van der Waals surface area contributed by atoms with Crippen LogP contribution in [0, 0.1) is 0 Å². The van der Waals surface area contributed by atoms with Gasteiger partial charge in [-0.15, -0.1) is 0 Å². The van der Waals surface area contributed by atoms with Crippen molar-refractivity contribution in [2.75, 3.05) is 0 Å². The normalized spacial score (nSPS) is 20.2. The van der Waals surface area contributed by atoms with Gasteiger partial charge in [-0.1, -0.05) is 0 Å². The molecule has 0 saturated carbocycles. The van der Waals surface area contributed by atoms with E-state index in [0.717, 1.165) is 0 Å². The first kappa shape index (κ1) is 18.8. The maximum absolute atomic E-state index is 2.70. The van der Waals surface area contributed by atoms with Gasteiger partial charge in [0.2, 0.25) is 0 Å². The fraction of sp³-hybridized carbons (Fsp3) is 0.556. The summed E-state index contributed by atoms with van der Waals surface area (Å²) in [6.45, 7) is 0. The zero-order valence-electron chi connectivity index (χ0n) is 15.2. The van der Waals surface area contributed by atoms with E-state index in [4.69, 9.17) is 0 Å². The average Bonchev–Trinajstić information content (AvgIpc) is 2.97. The van der Waals surface area contributed by atoms with Gasteiger partial charge in [0.05, 0.1) is 0 Å². The molecule has 0 saturated heterocycles. The Balaban J connectivity index is 2.54. The molecule has 3 heteroatoms. The summed E-state index contributed by atoms with van der Waals surface area (Å²) < 4.78 is 13.1. The van der Waals surface area contributed by atoms with Gasteiger partial charge >= 0.3 is 147 Å². The van der Waals surface area contributed by atoms with E-state index in [1.54, 1.807) is 0 Å². The summed E-state index contributed by atoms with van der Waals surface area (Å²) in [7, 11) is 0. The van der Waals surface area contributed by atoms with Crippen molar-refractivity contribution in [1.29, 1.82) is 0 Å². The third-order valence-corrected chi connectivity index (χ3v) is 30.1. The molecule has 0 unspecified atom stereocenters. The van der Waals surface area contributed by atoms with Crippen molar-refractivity contribution in [1.82, 2.24) is 0 Å². The van der Waals surface area contributed by atoms with Gasteiger partial charge < -0.3 is 0 Å². The van der Waals surface area contributed by atoms with Crippen molar-refractivity contribution in [3.05, 3.63) is 38.0 Å².